The molecule has 0 saturated carbocycles. The Morgan fingerprint density at radius 2 is 2.25 bits per heavy atom. The largest absolute Gasteiger partial charge is 0.504 e. The molecule has 0 bridgehead atoms. The zero-order valence-corrected chi connectivity index (χ0v) is 10.1. The number of halogens is 1. The van der Waals surface area contributed by atoms with Crippen molar-refractivity contribution in [2.24, 2.45) is 5.92 Å². The Labute approximate surface area is 101 Å². The minimum atomic E-state index is -0.586. The molecule has 0 radical (unpaired) electrons. The second-order valence-electron chi connectivity index (χ2n) is 3.42. The van der Waals surface area contributed by atoms with Crippen LogP contribution in [0, 0.1) is 5.92 Å². The molecule has 1 aliphatic carbocycles. The van der Waals surface area contributed by atoms with Gasteiger partial charge in [0.25, 0.3) is 0 Å². The fourth-order valence-electron chi connectivity index (χ4n) is 1.76. The Balaban J connectivity index is 2.43. The molecule has 0 aromatic carbocycles. The van der Waals surface area contributed by atoms with Crippen LogP contribution < -0.4 is 0 Å². The molecule has 2 rings (SSSR count). The van der Waals surface area contributed by atoms with E-state index in [2.05, 4.69) is 20.7 Å². The predicted molar refractivity (Wildman–Crippen MR) is 59.6 cm³/mol. The van der Waals surface area contributed by atoms with Crippen LogP contribution in [0.5, 0.6) is 0 Å². The lowest BCUT2D eigenvalue weighted by Crippen LogP contribution is -2.39. The first-order valence-corrected chi connectivity index (χ1v) is 5.58. The van der Waals surface area contributed by atoms with E-state index in [0.717, 1.165) is 5.57 Å². The van der Waals surface area contributed by atoms with Crippen molar-refractivity contribution >= 4 is 27.9 Å². The van der Waals surface area contributed by atoms with Gasteiger partial charge in [-0.2, -0.15) is 0 Å². The number of rotatable bonds is 1. The number of hydrogen-bond donors (Lipinski definition) is 0. The fraction of sp³-hybridized carbons (Fsp3) is 0.273. The molecule has 2 atom stereocenters. The molecule has 2 aliphatic rings. The maximum absolute atomic E-state index is 11.5. The number of carbonyl (C=O) groups excluding carboxylic acids is 2. The minimum Gasteiger partial charge on any atom is -0.504 e. The van der Waals surface area contributed by atoms with Gasteiger partial charge in [0.2, 0.25) is 0 Å². The number of hydrogen-bond acceptors (Lipinski definition) is 4. The van der Waals surface area contributed by atoms with Crippen molar-refractivity contribution in [2.75, 3.05) is 7.11 Å². The van der Waals surface area contributed by atoms with Crippen LogP contribution in [0.4, 0.5) is 0 Å². The van der Waals surface area contributed by atoms with Crippen LogP contribution in [0.15, 0.2) is 35.6 Å². The summed E-state index contributed by atoms with van der Waals surface area (Å²) in [5.41, 5.74) is 1.24. The van der Waals surface area contributed by atoms with Gasteiger partial charge in [-0.3, -0.25) is 4.79 Å². The Morgan fingerprint density at radius 3 is 2.94 bits per heavy atom. The van der Waals surface area contributed by atoms with Gasteiger partial charge in [0.1, 0.15) is 4.83 Å². The third kappa shape index (κ3) is 1.71. The SMILES string of the molecule is COC=C1C=CC=C2C(=O)OC(=O)C(Br)C12. The van der Waals surface area contributed by atoms with Crippen molar-refractivity contribution in [3.05, 3.63) is 35.6 Å². The number of carbonyl (C=O) groups is 2. The highest BCUT2D eigenvalue weighted by atomic mass is 79.9. The van der Waals surface area contributed by atoms with E-state index in [1.165, 1.54) is 13.4 Å². The first-order valence-electron chi connectivity index (χ1n) is 4.66. The summed E-state index contributed by atoms with van der Waals surface area (Å²) < 4.78 is 9.52. The summed E-state index contributed by atoms with van der Waals surface area (Å²) in [5.74, 6) is -1.49. The molecular weight excluding hydrogens is 276 g/mol. The molecule has 0 spiro atoms. The molecule has 1 saturated heterocycles. The average Bonchev–Trinajstić information content (AvgIpc) is 2.26. The van der Waals surface area contributed by atoms with Crippen LogP contribution in [0.2, 0.25) is 0 Å². The number of alkyl halides is 1. The summed E-state index contributed by atoms with van der Waals surface area (Å²) in [6, 6.07) is 0. The van der Waals surface area contributed by atoms with Crippen molar-refractivity contribution in [3.63, 3.8) is 0 Å². The van der Waals surface area contributed by atoms with Gasteiger partial charge in [0, 0.05) is 11.5 Å². The predicted octanol–water partition coefficient (Wildman–Crippen LogP) is 1.48. The van der Waals surface area contributed by atoms with Gasteiger partial charge in [-0.25, -0.2) is 4.79 Å². The van der Waals surface area contributed by atoms with Crippen LogP contribution in [0.1, 0.15) is 0 Å². The summed E-state index contributed by atoms with van der Waals surface area (Å²) in [7, 11) is 1.52. The molecule has 84 valence electrons. The van der Waals surface area contributed by atoms with Crippen LogP contribution in [0.3, 0.4) is 0 Å². The summed E-state index contributed by atoms with van der Waals surface area (Å²) in [6.45, 7) is 0. The van der Waals surface area contributed by atoms with E-state index in [0.29, 0.717) is 5.57 Å². The third-order valence-corrected chi connectivity index (χ3v) is 3.36. The molecule has 0 aromatic rings. The normalized spacial score (nSPS) is 30.9. The number of ether oxygens (including phenoxy) is 2. The summed E-state index contributed by atoms with van der Waals surface area (Å²) in [5, 5.41) is 0. The molecule has 4 nitrogen and oxygen atoms in total. The van der Waals surface area contributed by atoms with E-state index < -0.39 is 16.8 Å². The first kappa shape index (κ1) is 11.1. The van der Waals surface area contributed by atoms with Gasteiger partial charge in [0.05, 0.1) is 13.4 Å². The monoisotopic (exact) mass is 284 g/mol. The Hall–Kier alpha value is -1.36. The standard InChI is InChI=1S/C11H9BrO4/c1-15-5-6-3-2-4-7-8(6)9(12)11(14)16-10(7)13/h2-5,8-9H,1H3. The van der Waals surface area contributed by atoms with Gasteiger partial charge >= 0.3 is 11.9 Å². The van der Waals surface area contributed by atoms with Gasteiger partial charge in [-0.1, -0.05) is 34.2 Å². The smallest absolute Gasteiger partial charge is 0.342 e. The van der Waals surface area contributed by atoms with Crippen LogP contribution in [0.25, 0.3) is 0 Å². The zero-order valence-electron chi connectivity index (χ0n) is 8.48. The molecule has 2 unspecified atom stereocenters. The Kier molecular flexibility index (Phi) is 2.96. The lowest BCUT2D eigenvalue weighted by atomic mass is 9.83. The maximum Gasteiger partial charge on any atom is 0.342 e. The zero-order chi connectivity index (χ0) is 11.7. The van der Waals surface area contributed by atoms with E-state index in [1.807, 2.05) is 0 Å². The Bertz CT molecular complexity index is 433. The highest BCUT2D eigenvalue weighted by Crippen LogP contribution is 2.37. The van der Waals surface area contributed by atoms with Crippen LogP contribution >= 0.6 is 15.9 Å². The van der Waals surface area contributed by atoms with Gasteiger partial charge in [0.15, 0.2) is 0 Å². The average molecular weight is 285 g/mol. The number of methoxy groups -OCH3 is 1. The highest BCUT2D eigenvalue weighted by Gasteiger charge is 2.42. The molecule has 1 aliphatic heterocycles. The first-order chi connectivity index (χ1) is 7.65. The van der Waals surface area contributed by atoms with E-state index >= 15 is 0 Å². The van der Waals surface area contributed by atoms with E-state index in [1.54, 1.807) is 18.2 Å². The van der Waals surface area contributed by atoms with E-state index in [9.17, 15) is 9.59 Å². The van der Waals surface area contributed by atoms with Gasteiger partial charge in [-0.15, -0.1) is 0 Å². The lowest BCUT2D eigenvalue weighted by Gasteiger charge is -2.29. The molecule has 0 N–H and O–H groups in total. The van der Waals surface area contributed by atoms with Crippen molar-refractivity contribution in [1.82, 2.24) is 0 Å². The number of allylic oxidation sites excluding steroid dienone is 4. The molecule has 5 heteroatoms. The number of cyclic esters (lactones) is 2. The Morgan fingerprint density at radius 1 is 1.50 bits per heavy atom. The van der Waals surface area contributed by atoms with Gasteiger partial charge in [-0.05, 0) is 5.57 Å². The quantitative estimate of drug-likeness (QED) is 0.317. The summed E-state index contributed by atoms with van der Waals surface area (Å²) in [4.78, 5) is 22.3. The van der Waals surface area contributed by atoms with Gasteiger partial charge < -0.3 is 9.47 Å². The van der Waals surface area contributed by atoms with Crippen molar-refractivity contribution in [2.45, 2.75) is 4.83 Å². The summed E-state index contributed by atoms with van der Waals surface area (Å²) in [6.07, 6.45) is 6.71. The van der Waals surface area contributed by atoms with Crippen molar-refractivity contribution in [3.8, 4) is 0 Å². The third-order valence-electron chi connectivity index (χ3n) is 2.46. The van der Waals surface area contributed by atoms with Crippen LogP contribution in [-0.2, 0) is 19.1 Å². The fourth-order valence-corrected chi connectivity index (χ4v) is 2.45. The second-order valence-corrected chi connectivity index (χ2v) is 4.41. The number of esters is 2. The molecule has 0 amide bonds. The molecule has 16 heavy (non-hydrogen) atoms. The topological polar surface area (TPSA) is 52.6 Å². The van der Waals surface area contributed by atoms with Crippen molar-refractivity contribution < 1.29 is 19.1 Å². The number of fused-ring (bicyclic) bond motifs is 1. The molecule has 0 aromatic heterocycles. The van der Waals surface area contributed by atoms with E-state index in [4.69, 9.17) is 4.74 Å². The van der Waals surface area contributed by atoms with E-state index in [-0.39, 0.29) is 5.92 Å². The lowest BCUT2D eigenvalue weighted by molar-refractivity contribution is -0.159. The minimum absolute atomic E-state index is 0.335. The molecular formula is C11H9BrO4. The molecule has 1 heterocycles. The van der Waals surface area contributed by atoms with Crippen LogP contribution in [-0.4, -0.2) is 23.9 Å². The maximum atomic E-state index is 11.5. The highest BCUT2D eigenvalue weighted by molar-refractivity contribution is 9.10. The molecule has 1 fully saturated rings. The summed E-state index contributed by atoms with van der Waals surface area (Å²) >= 11 is 3.24. The second kappa shape index (κ2) is 4.25. The van der Waals surface area contributed by atoms with Crippen molar-refractivity contribution in [1.29, 1.82) is 0 Å².